The summed E-state index contributed by atoms with van der Waals surface area (Å²) in [6.45, 7) is 0. The first-order chi connectivity index (χ1) is 11.8. The van der Waals surface area contributed by atoms with Crippen LogP contribution in [0.2, 0.25) is 5.02 Å². The maximum Gasteiger partial charge on any atom is 0.257 e. The summed E-state index contributed by atoms with van der Waals surface area (Å²) in [4.78, 5) is 24.0. The zero-order chi connectivity index (χ0) is 18.2. The number of benzene rings is 2. The highest BCUT2D eigenvalue weighted by Crippen LogP contribution is 2.30. The minimum atomic E-state index is -3.72. The number of anilines is 2. The molecule has 0 atom stereocenters. The number of amides is 2. The van der Waals surface area contributed by atoms with E-state index in [1.54, 1.807) is 6.07 Å². The van der Waals surface area contributed by atoms with E-state index in [0.717, 1.165) is 0 Å². The lowest BCUT2D eigenvalue weighted by atomic mass is 10.1. The minimum absolute atomic E-state index is 0.00931. The molecule has 1 fully saturated rings. The fourth-order valence-corrected chi connectivity index (χ4v) is 4.15. The van der Waals surface area contributed by atoms with E-state index in [1.807, 2.05) is 0 Å². The van der Waals surface area contributed by atoms with Crippen LogP contribution in [0.15, 0.2) is 42.5 Å². The summed E-state index contributed by atoms with van der Waals surface area (Å²) >= 11 is 6.06. The summed E-state index contributed by atoms with van der Waals surface area (Å²) in [6, 6.07) is 9.46. The first kappa shape index (κ1) is 17.4. The van der Waals surface area contributed by atoms with E-state index < -0.39 is 27.7 Å². The summed E-state index contributed by atoms with van der Waals surface area (Å²) in [6.07, 6.45) is -0.102. The van der Waals surface area contributed by atoms with Crippen LogP contribution >= 0.6 is 11.6 Å². The van der Waals surface area contributed by atoms with Crippen LogP contribution in [-0.4, -0.2) is 26.0 Å². The molecule has 0 bridgehead atoms. The van der Waals surface area contributed by atoms with Gasteiger partial charge in [-0.15, -0.1) is 0 Å². The number of nitrogens with one attached hydrogen (secondary N) is 1. The molecule has 1 aliphatic rings. The molecule has 6 nitrogen and oxygen atoms in total. The smallest absolute Gasteiger partial charge is 0.257 e. The van der Waals surface area contributed by atoms with Crippen molar-refractivity contribution in [1.29, 1.82) is 0 Å². The van der Waals surface area contributed by atoms with Crippen molar-refractivity contribution in [1.82, 2.24) is 0 Å². The van der Waals surface area contributed by atoms with Crippen molar-refractivity contribution in [2.75, 3.05) is 15.4 Å². The largest absolute Gasteiger partial charge is 0.319 e. The number of rotatable bonds is 3. The third-order valence-electron chi connectivity index (χ3n) is 3.63. The number of carbonyl (C=O) groups excluding carboxylic acids is 2. The Labute approximate surface area is 148 Å². The number of carbonyl (C=O) groups is 2. The van der Waals surface area contributed by atoms with Crippen LogP contribution in [0.25, 0.3) is 0 Å². The molecule has 1 saturated heterocycles. The Morgan fingerprint density at radius 1 is 1.20 bits per heavy atom. The summed E-state index contributed by atoms with van der Waals surface area (Å²) in [5.41, 5.74) is 0.0811. The normalized spacial score (nSPS) is 16.1. The second kappa shape index (κ2) is 6.45. The molecule has 2 aromatic rings. The molecule has 1 aliphatic heterocycles. The summed E-state index contributed by atoms with van der Waals surface area (Å²) in [5.74, 6) is -2.08. The van der Waals surface area contributed by atoms with E-state index in [4.69, 9.17) is 11.6 Å². The van der Waals surface area contributed by atoms with Crippen LogP contribution in [0.3, 0.4) is 0 Å². The predicted molar refractivity (Wildman–Crippen MR) is 91.7 cm³/mol. The number of sulfonamides is 1. The quantitative estimate of drug-likeness (QED) is 0.884. The molecule has 0 unspecified atom stereocenters. The highest BCUT2D eigenvalue weighted by atomic mass is 35.5. The zero-order valence-electron chi connectivity index (χ0n) is 12.7. The Kier molecular flexibility index (Phi) is 4.49. The molecular weight excluding hydrogens is 371 g/mol. The Balaban J connectivity index is 1.89. The molecule has 130 valence electrons. The van der Waals surface area contributed by atoms with Crippen molar-refractivity contribution in [3.05, 3.63) is 58.9 Å². The van der Waals surface area contributed by atoms with E-state index in [2.05, 4.69) is 5.32 Å². The van der Waals surface area contributed by atoms with E-state index in [0.29, 0.717) is 4.31 Å². The third-order valence-corrected chi connectivity index (χ3v) is 5.64. The van der Waals surface area contributed by atoms with Gasteiger partial charge in [-0.2, -0.15) is 0 Å². The van der Waals surface area contributed by atoms with E-state index >= 15 is 0 Å². The molecule has 2 amide bonds. The lowest BCUT2D eigenvalue weighted by molar-refractivity contribution is -0.116. The van der Waals surface area contributed by atoms with Crippen LogP contribution in [-0.2, 0) is 14.8 Å². The van der Waals surface area contributed by atoms with Gasteiger partial charge in [0.2, 0.25) is 15.9 Å². The van der Waals surface area contributed by atoms with Gasteiger partial charge in [0.25, 0.3) is 5.91 Å². The molecule has 25 heavy (non-hydrogen) atoms. The average Bonchev–Trinajstić information content (AvgIpc) is 2.82. The minimum Gasteiger partial charge on any atom is -0.319 e. The Morgan fingerprint density at radius 2 is 1.92 bits per heavy atom. The zero-order valence-corrected chi connectivity index (χ0v) is 14.3. The topological polar surface area (TPSA) is 83.6 Å². The molecule has 2 aromatic carbocycles. The number of hydrogen-bond donors (Lipinski definition) is 1. The van der Waals surface area contributed by atoms with Gasteiger partial charge >= 0.3 is 0 Å². The van der Waals surface area contributed by atoms with E-state index in [-0.39, 0.29) is 34.1 Å². The molecule has 0 aromatic heterocycles. The van der Waals surface area contributed by atoms with Crippen molar-refractivity contribution in [3.63, 3.8) is 0 Å². The molecule has 1 N–H and O–H groups in total. The van der Waals surface area contributed by atoms with Gasteiger partial charge in [0.05, 0.1) is 27.7 Å². The molecule has 0 saturated carbocycles. The highest BCUT2D eigenvalue weighted by molar-refractivity contribution is 7.94. The van der Waals surface area contributed by atoms with Crippen molar-refractivity contribution in [3.8, 4) is 0 Å². The van der Waals surface area contributed by atoms with Gasteiger partial charge in [0.1, 0.15) is 5.82 Å². The first-order valence-electron chi connectivity index (χ1n) is 7.21. The van der Waals surface area contributed by atoms with Gasteiger partial charge < -0.3 is 5.32 Å². The van der Waals surface area contributed by atoms with Crippen LogP contribution in [0.5, 0.6) is 0 Å². The molecule has 0 aliphatic carbocycles. The Hall–Kier alpha value is -2.45. The molecule has 3 rings (SSSR count). The van der Waals surface area contributed by atoms with Gasteiger partial charge in [-0.3, -0.25) is 9.59 Å². The van der Waals surface area contributed by atoms with E-state index in [1.165, 1.54) is 36.4 Å². The second-order valence-electron chi connectivity index (χ2n) is 5.32. The monoisotopic (exact) mass is 382 g/mol. The first-order valence-corrected chi connectivity index (χ1v) is 9.19. The number of hydrogen-bond acceptors (Lipinski definition) is 4. The Morgan fingerprint density at radius 3 is 2.52 bits per heavy atom. The van der Waals surface area contributed by atoms with Gasteiger partial charge in [-0.1, -0.05) is 23.7 Å². The molecular formula is C16H12ClFN2O4S. The van der Waals surface area contributed by atoms with Gasteiger partial charge in [-0.25, -0.2) is 17.1 Å². The van der Waals surface area contributed by atoms with Crippen LogP contribution in [0, 0.1) is 5.82 Å². The predicted octanol–water partition coefficient (Wildman–Crippen LogP) is 2.80. The highest BCUT2D eigenvalue weighted by Gasteiger charge is 2.36. The van der Waals surface area contributed by atoms with Crippen LogP contribution < -0.4 is 9.62 Å². The summed E-state index contributed by atoms with van der Waals surface area (Å²) in [5, 5.41) is 2.33. The summed E-state index contributed by atoms with van der Waals surface area (Å²) < 4.78 is 38.1. The van der Waals surface area contributed by atoms with Crippen LogP contribution in [0.1, 0.15) is 16.8 Å². The van der Waals surface area contributed by atoms with E-state index in [9.17, 15) is 22.4 Å². The van der Waals surface area contributed by atoms with Crippen molar-refractivity contribution < 1.29 is 22.4 Å². The second-order valence-corrected chi connectivity index (χ2v) is 7.67. The molecule has 1 heterocycles. The SMILES string of the molecule is O=C(Nc1ccccc1F)c1ccc(N2C(=O)CCS2(=O)=O)cc1Cl. The molecule has 0 radical (unpaired) electrons. The lowest BCUT2D eigenvalue weighted by Crippen LogP contribution is -2.29. The van der Waals surface area contributed by atoms with Gasteiger partial charge in [0.15, 0.2) is 0 Å². The van der Waals surface area contributed by atoms with Gasteiger partial charge in [-0.05, 0) is 30.3 Å². The standard InChI is InChI=1S/C16H12ClFN2O4S/c17-12-9-10(20-15(21)7-8-25(20,23)24)5-6-11(12)16(22)19-14-4-2-1-3-13(14)18/h1-6,9H,7-8H2,(H,19,22). The van der Waals surface area contributed by atoms with Crippen molar-refractivity contribution in [2.45, 2.75) is 6.42 Å². The maximum absolute atomic E-state index is 13.6. The number of para-hydroxylation sites is 1. The Bertz CT molecular complexity index is 978. The molecule has 0 spiro atoms. The van der Waals surface area contributed by atoms with Gasteiger partial charge in [0, 0.05) is 6.42 Å². The van der Waals surface area contributed by atoms with Crippen LogP contribution in [0.4, 0.5) is 15.8 Å². The van der Waals surface area contributed by atoms with Crippen molar-refractivity contribution >= 4 is 44.8 Å². The van der Waals surface area contributed by atoms with Crippen molar-refractivity contribution in [2.24, 2.45) is 0 Å². The summed E-state index contributed by atoms with van der Waals surface area (Å²) in [7, 11) is -3.72. The number of nitrogens with zero attached hydrogens (tertiary/aromatic N) is 1. The fourth-order valence-electron chi connectivity index (χ4n) is 2.44. The maximum atomic E-state index is 13.6. The third kappa shape index (κ3) is 3.35. The average molecular weight is 383 g/mol. The fraction of sp³-hybridized carbons (Fsp3) is 0.125. The molecule has 9 heteroatoms. The lowest BCUT2D eigenvalue weighted by Gasteiger charge is -2.16. The number of halogens is 2.